The van der Waals surface area contributed by atoms with Gasteiger partial charge in [0.2, 0.25) is 5.91 Å². The highest BCUT2D eigenvalue weighted by atomic mass is 32.2. The number of carbonyl (C=O) groups excluding carboxylic acids is 2. The Labute approximate surface area is 178 Å². The van der Waals surface area contributed by atoms with Gasteiger partial charge >= 0.3 is 0 Å². The predicted molar refractivity (Wildman–Crippen MR) is 114 cm³/mol. The molecule has 5 heteroatoms. The Hall–Kier alpha value is -1.36. The average Bonchev–Trinajstić information content (AvgIpc) is 3.06. The van der Waals surface area contributed by atoms with Gasteiger partial charge in [0.05, 0.1) is 0 Å². The molecule has 3 saturated carbocycles. The Morgan fingerprint density at radius 2 is 1.90 bits per heavy atom. The second-order valence-corrected chi connectivity index (χ2v) is 11.4. The summed E-state index contributed by atoms with van der Waals surface area (Å²) in [6, 6.07) is 6.14. The number of amides is 1. The number of fused-ring (bicyclic) bond motifs is 5. The van der Waals surface area contributed by atoms with Crippen LogP contribution in [0.1, 0.15) is 65.2 Å². The summed E-state index contributed by atoms with van der Waals surface area (Å²) in [5.74, 6) is 2.44. The van der Waals surface area contributed by atoms with Crippen LogP contribution in [0.25, 0.3) is 0 Å². The van der Waals surface area contributed by atoms with Crippen molar-refractivity contribution in [3.8, 4) is 0 Å². The Morgan fingerprint density at radius 1 is 1.07 bits per heavy atom. The fourth-order valence-electron chi connectivity index (χ4n) is 7.67. The van der Waals surface area contributed by atoms with Crippen molar-refractivity contribution in [1.82, 2.24) is 10.3 Å². The molecule has 3 aliphatic carbocycles. The van der Waals surface area contributed by atoms with Gasteiger partial charge in [-0.1, -0.05) is 19.9 Å². The Balaban J connectivity index is 1.36. The highest BCUT2D eigenvalue weighted by molar-refractivity contribution is 8.13. The molecule has 1 aromatic rings. The summed E-state index contributed by atoms with van der Waals surface area (Å²) >= 11 is 1.34. The molecular formula is C24H32N2O2S. The molecule has 4 nitrogen and oxygen atoms in total. The van der Waals surface area contributed by atoms with Gasteiger partial charge < -0.3 is 5.32 Å². The molecule has 7 unspecified atom stereocenters. The van der Waals surface area contributed by atoms with Crippen molar-refractivity contribution in [2.24, 2.45) is 34.5 Å². The third kappa shape index (κ3) is 3.07. The number of hydrogen-bond donors (Lipinski definition) is 1. The minimum Gasteiger partial charge on any atom is -0.353 e. The molecule has 0 spiro atoms. The van der Waals surface area contributed by atoms with Crippen LogP contribution in [0.4, 0.5) is 0 Å². The summed E-state index contributed by atoms with van der Waals surface area (Å²) in [6.07, 6.45) is 10.4. The van der Waals surface area contributed by atoms with Crippen molar-refractivity contribution >= 4 is 22.8 Å². The fraction of sp³-hybridized carbons (Fsp3) is 0.708. The third-order valence-electron chi connectivity index (χ3n) is 9.22. The predicted octanol–water partition coefficient (Wildman–Crippen LogP) is 4.84. The Morgan fingerprint density at radius 3 is 2.69 bits per heavy atom. The number of pyridine rings is 1. The van der Waals surface area contributed by atoms with Gasteiger partial charge in [0.25, 0.3) is 0 Å². The topological polar surface area (TPSA) is 59.1 Å². The van der Waals surface area contributed by atoms with Crippen molar-refractivity contribution in [2.45, 2.75) is 76.3 Å². The van der Waals surface area contributed by atoms with Crippen LogP contribution in [0.15, 0.2) is 29.4 Å². The van der Waals surface area contributed by atoms with Crippen molar-refractivity contribution < 1.29 is 9.59 Å². The van der Waals surface area contributed by atoms with Gasteiger partial charge in [0.15, 0.2) is 5.12 Å². The number of nitrogens with one attached hydrogen (secondary N) is 1. The van der Waals surface area contributed by atoms with Gasteiger partial charge in [-0.25, -0.2) is 4.98 Å². The number of aromatic nitrogens is 1. The second kappa shape index (κ2) is 7.11. The quantitative estimate of drug-likeness (QED) is 0.706. The first-order valence-electron chi connectivity index (χ1n) is 11.3. The van der Waals surface area contributed by atoms with Crippen LogP contribution in [-0.4, -0.2) is 22.0 Å². The van der Waals surface area contributed by atoms with Crippen LogP contribution in [0.5, 0.6) is 0 Å². The third-order valence-corrected chi connectivity index (χ3v) is 10.2. The van der Waals surface area contributed by atoms with Gasteiger partial charge in [-0.05, 0) is 97.4 Å². The minimum absolute atomic E-state index is 0.126. The lowest BCUT2D eigenvalue weighted by Crippen LogP contribution is -2.61. The molecule has 1 N–H and O–H groups in total. The van der Waals surface area contributed by atoms with E-state index in [1.807, 2.05) is 18.2 Å². The molecule has 4 aliphatic rings. The molecule has 1 aliphatic heterocycles. The van der Waals surface area contributed by atoms with E-state index in [9.17, 15) is 9.59 Å². The maximum Gasteiger partial charge on any atom is 0.220 e. The standard InChI is InChI=1S/C24H32N2O2S/c1-23-12-10-17-15(6-9-19-24(17,2)13-11-20(27)26-19)16(23)7-8-18(23)22(28)29-21-5-3-4-14-25-21/h3-5,14-19H,6-13H2,1-2H3,(H,26,27). The first kappa shape index (κ1) is 19.6. The monoisotopic (exact) mass is 412 g/mol. The lowest BCUT2D eigenvalue weighted by atomic mass is 9.47. The van der Waals surface area contributed by atoms with E-state index in [-0.39, 0.29) is 22.7 Å². The van der Waals surface area contributed by atoms with Crippen molar-refractivity contribution in [3.63, 3.8) is 0 Å². The molecule has 0 bridgehead atoms. The lowest BCUT2D eigenvalue weighted by molar-refractivity contribution is -0.138. The molecule has 0 radical (unpaired) electrons. The smallest absolute Gasteiger partial charge is 0.220 e. The highest BCUT2D eigenvalue weighted by Gasteiger charge is 2.61. The molecule has 29 heavy (non-hydrogen) atoms. The zero-order valence-electron chi connectivity index (χ0n) is 17.5. The minimum atomic E-state index is 0.126. The van der Waals surface area contributed by atoms with Crippen LogP contribution in [0, 0.1) is 34.5 Å². The zero-order chi connectivity index (χ0) is 20.2. The summed E-state index contributed by atoms with van der Waals surface area (Å²) < 4.78 is 0. The molecule has 2 heterocycles. The van der Waals surface area contributed by atoms with Crippen LogP contribution >= 0.6 is 11.8 Å². The van der Waals surface area contributed by atoms with Gasteiger partial charge in [0, 0.05) is 24.6 Å². The number of piperidine rings is 1. The number of nitrogens with zero attached hydrogens (tertiary/aromatic N) is 1. The van der Waals surface area contributed by atoms with E-state index in [1.54, 1.807) is 6.20 Å². The highest BCUT2D eigenvalue weighted by Crippen LogP contribution is 2.66. The first-order chi connectivity index (χ1) is 13.9. The number of carbonyl (C=O) groups is 2. The van der Waals surface area contributed by atoms with E-state index in [0.29, 0.717) is 35.3 Å². The van der Waals surface area contributed by atoms with Gasteiger partial charge in [-0.2, -0.15) is 0 Å². The number of rotatable bonds is 2. The van der Waals surface area contributed by atoms with E-state index >= 15 is 0 Å². The molecule has 1 amide bonds. The summed E-state index contributed by atoms with van der Waals surface area (Å²) in [6.45, 7) is 4.84. The van der Waals surface area contributed by atoms with Crippen molar-refractivity contribution in [2.75, 3.05) is 0 Å². The van der Waals surface area contributed by atoms with Crippen molar-refractivity contribution in [1.29, 1.82) is 0 Å². The van der Waals surface area contributed by atoms with Crippen LogP contribution in [0.2, 0.25) is 0 Å². The molecule has 156 valence electrons. The number of thioether (sulfide) groups is 1. The van der Waals surface area contributed by atoms with Crippen LogP contribution in [0.3, 0.4) is 0 Å². The van der Waals surface area contributed by atoms with Gasteiger partial charge in [-0.3, -0.25) is 9.59 Å². The summed E-state index contributed by atoms with van der Waals surface area (Å²) in [4.78, 5) is 29.6. The molecule has 5 rings (SSSR count). The molecule has 4 fully saturated rings. The van der Waals surface area contributed by atoms with Gasteiger partial charge in [0.1, 0.15) is 5.03 Å². The van der Waals surface area contributed by atoms with E-state index < -0.39 is 0 Å². The van der Waals surface area contributed by atoms with E-state index in [1.165, 1.54) is 31.0 Å². The average molecular weight is 413 g/mol. The first-order valence-corrected chi connectivity index (χ1v) is 12.2. The van der Waals surface area contributed by atoms with E-state index in [2.05, 4.69) is 24.1 Å². The molecule has 7 atom stereocenters. The second-order valence-electron chi connectivity index (χ2n) is 10.3. The Kier molecular flexibility index (Phi) is 4.80. The molecule has 0 aromatic carbocycles. The summed E-state index contributed by atoms with van der Waals surface area (Å²) in [5, 5.41) is 4.45. The molecular weight excluding hydrogens is 380 g/mol. The van der Waals surface area contributed by atoms with E-state index in [0.717, 1.165) is 30.7 Å². The fourth-order valence-corrected chi connectivity index (χ4v) is 8.67. The Bertz CT molecular complexity index is 814. The normalized spacial score (nSPS) is 43.7. The maximum absolute atomic E-state index is 13.2. The molecule has 1 saturated heterocycles. The van der Waals surface area contributed by atoms with Gasteiger partial charge in [-0.15, -0.1) is 0 Å². The zero-order valence-corrected chi connectivity index (χ0v) is 18.3. The summed E-state index contributed by atoms with van der Waals surface area (Å²) in [5.41, 5.74) is 0.365. The van der Waals surface area contributed by atoms with Crippen LogP contribution < -0.4 is 5.32 Å². The van der Waals surface area contributed by atoms with E-state index in [4.69, 9.17) is 0 Å². The molecule has 1 aromatic heterocycles. The van der Waals surface area contributed by atoms with Crippen molar-refractivity contribution in [3.05, 3.63) is 24.4 Å². The van der Waals surface area contributed by atoms with Crippen LogP contribution in [-0.2, 0) is 9.59 Å². The largest absolute Gasteiger partial charge is 0.353 e. The SMILES string of the molecule is CC12CCC(=O)NC1CCC1C2CCC2(C)C(C(=O)Sc3ccccn3)CCC12. The maximum atomic E-state index is 13.2. The lowest BCUT2D eigenvalue weighted by Gasteiger charge is -2.60. The number of hydrogen-bond acceptors (Lipinski definition) is 4. The summed E-state index contributed by atoms with van der Waals surface area (Å²) in [7, 11) is 0.